The predicted molar refractivity (Wildman–Crippen MR) is 131 cm³/mol. The fourth-order valence-electron chi connectivity index (χ4n) is 4.10. The summed E-state index contributed by atoms with van der Waals surface area (Å²) < 4.78 is 5.74. The first-order chi connectivity index (χ1) is 15.6. The molecule has 32 heavy (non-hydrogen) atoms. The molecule has 0 unspecified atom stereocenters. The van der Waals surface area contributed by atoms with E-state index in [1.54, 1.807) is 0 Å². The summed E-state index contributed by atoms with van der Waals surface area (Å²) in [6, 6.07) is 26.6. The molecule has 0 saturated carbocycles. The van der Waals surface area contributed by atoms with Crippen LogP contribution >= 0.6 is 0 Å². The molecule has 166 valence electrons. The number of hydrogen-bond acceptors (Lipinski definition) is 4. The van der Waals surface area contributed by atoms with Gasteiger partial charge in [0.1, 0.15) is 6.10 Å². The Hall–Kier alpha value is -3.31. The first-order valence-electron chi connectivity index (χ1n) is 11.2. The molecular weight excluding hydrogens is 398 g/mol. The van der Waals surface area contributed by atoms with Gasteiger partial charge in [-0.25, -0.2) is 4.79 Å². The van der Waals surface area contributed by atoms with Gasteiger partial charge in [0.25, 0.3) is 0 Å². The summed E-state index contributed by atoms with van der Waals surface area (Å²) in [6.45, 7) is 2.78. The van der Waals surface area contributed by atoms with E-state index in [4.69, 9.17) is 4.74 Å². The van der Waals surface area contributed by atoms with Gasteiger partial charge in [-0.1, -0.05) is 60.7 Å². The summed E-state index contributed by atoms with van der Waals surface area (Å²) in [5.74, 6) is 0. The summed E-state index contributed by atoms with van der Waals surface area (Å²) >= 11 is 0. The summed E-state index contributed by atoms with van der Waals surface area (Å²) in [7, 11) is 4.10. The molecule has 0 aromatic heterocycles. The van der Waals surface area contributed by atoms with Crippen molar-refractivity contribution in [1.82, 2.24) is 4.90 Å². The molecule has 1 fully saturated rings. The van der Waals surface area contributed by atoms with E-state index in [9.17, 15) is 4.79 Å². The monoisotopic (exact) mass is 429 g/mol. The molecule has 3 aromatic carbocycles. The van der Waals surface area contributed by atoms with Gasteiger partial charge in [-0.05, 0) is 42.2 Å². The Morgan fingerprint density at radius 2 is 1.59 bits per heavy atom. The first kappa shape index (κ1) is 21.9. The second kappa shape index (κ2) is 10.3. The number of piperidine rings is 1. The second-order valence-electron chi connectivity index (χ2n) is 8.48. The third-order valence-corrected chi connectivity index (χ3v) is 5.92. The van der Waals surface area contributed by atoms with Gasteiger partial charge in [0.05, 0.1) is 5.69 Å². The smallest absolute Gasteiger partial charge is 0.411 e. The number of carbonyl (C=O) groups excluding carboxylic acids is 1. The molecule has 5 heteroatoms. The Bertz CT molecular complexity index is 1010. The molecule has 0 radical (unpaired) electrons. The average Bonchev–Trinajstić information content (AvgIpc) is 2.81. The summed E-state index contributed by atoms with van der Waals surface area (Å²) in [5.41, 5.74) is 5.34. The fourth-order valence-corrected chi connectivity index (χ4v) is 4.10. The van der Waals surface area contributed by atoms with E-state index >= 15 is 0 Å². The van der Waals surface area contributed by atoms with Gasteiger partial charge < -0.3 is 9.64 Å². The molecule has 4 rings (SSSR count). The highest BCUT2D eigenvalue weighted by Gasteiger charge is 2.23. The predicted octanol–water partition coefficient (Wildman–Crippen LogP) is 5.63. The van der Waals surface area contributed by atoms with Gasteiger partial charge in [0.15, 0.2) is 0 Å². The van der Waals surface area contributed by atoms with Crippen molar-refractivity contribution in [2.45, 2.75) is 25.5 Å². The maximum Gasteiger partial charge on any atom is 0.411 e. The Morgan fingerprint density at radius 1 is 0.938 bits per heavy atom. The molecule has 1 heterocycles. The van der Waals surface area contributed by atoms with Crippen LogP contribution in [0.3, 0.4) is 0 Å². The summed E-state index contributed by atoms with van der Waals surface area (Å²) in [6.07, 6.45) is 1.27. The van der Waals surface area contributed by atoms with Gasteiger partial charge >= 0.3 is 6.09 Å². The van der Waals surface area contributed by atoms with E-state index < -0.39 is 0 Å². The number of nitrogens with zero attached hydrogens (tertiary/aromatic N) is 2. The molecule has 1 aliphatic heterocycles. The van der Waals surface area contributed by atoms with Gasteiger partial charge in [-0.3, -0.25) is 10.2 Å². The van der Waals surface area contributed by atoms with E-state index in [0.29, 0.717) is 0 Å². The van der Waals surface area contributed by atoms with E-state index in [1.807, 2.05) is 54.6 Å². The number of likely N-dealkylation sites (tertiary alicyclic amines) is 1. The number of hydrogen-bond donors (Lipinski definition) is 1. The quantitative estimate of drug-likeness (QED) is 0.551. The Kier molecular flexibility index (Phi) is 7.07. The zero-order chi connectivity index (χ0) is 22.3. The van der Waals surface area contributed by atoms with Crippen molar-refractivity contribution in [3.05, 3.63) is 84.4 Å². The molecule has 1 aliphatic rings. The maximum absolute atomic E-state index is 12.6. The lowest BCUT2D eigenvalue weighted by Crippen LogP contribution is -2.38. The number of nitrogens with one attached hydrogen (secondary N) is 1. The molecule has 0 bridgehead atoms. The van der Waals surface area contributed by atoms with Gasteiger partial charge in [0, 0.05) is 45.0 Å². The van der Waals surface area contributed by atoms with Crippen molar-refractivity contribution in [3.63, 3.8) is 0 Å². The normalized spacial score (nSPS) is 14.7. The van der Waals surface area contributed by atoms with Crippen LogP contribution in [0.4, 0.5) is 16.2 Å². The number of amides is 1. The van der Waals surface area contributed by atoms with Crippen molar-refractivity contribution in [2.75, 3.05) is 37.4 Å². The minimum absolute atomic E-state index is 0.0498. The number of carbonyl (C=O) groups is 1. The van der Waals surface area contributed by atoms with E-state index in [2.05, 4.69) is 53.5 Å². The molecule has 0 atom stereocenters. The number of para-hydroxylation sites is 1. The Balaban J connectivity index is 1.27. The van der Waals surface area contributed by atoms with E-state index in [0.717, 1.165) is 49.3 Å². The zero-order valence-corrected chi connectivity index (χ0v) is 18.8. The lowest BCUT2D eigenvalue weighted by molar-refractivity contribution is 0.0567. The zero-order valence-electron chi connectivity index (χ0n) is 18.8. The van der Waals surface area contributed by atoms with Crippen LogP contribution in [0.2, 0.25) is 0 Å². The van der Waals surface area contributed by atoms with Crippen LogP contribution in [0.5, 0.6) is 0 Å². The van der Waals surface area contributed by atoms with Gasteiger partial charge in [-0.15, -0.1) is 0 Å². The topological polar surface area (TPSA) is 44.8 Å². The second-order valence-corrected chi connectivity index (χ2v) is 8.48. The van der Waals surface area contributed by atoms with Crippen molar-refractivity contribution >= 4 is 17.5 Å². The Labute approximate surface area is 190 Å². The van der Waals surface area contributed by atoms with Gasteiger partial charge in [-0.2, -0.15) is 0 Å². The van der Waals surface area contributed by atoms with Crippen molar-refractivity contribution in [1.29, 1.82) is 0 Å². The van der Waals surface area contributed by atoms with Crippen molar-refractivity contribution in [3.8, 4) is 11.1 Å². The van der Waals surface area contributed by atoms with Crippen molar-refractivity contribution < 1.29 is 9.53 Å². The van der Waals surface area contributed by atoms with Crippen LogP contribution in [0, 0.1) is 0 Å². The molecule has 3 aromatic rings. The lowest BCUT2D eigenvalue weighted by Gasteiger charge is -2.31. The number of rotatable bonds is 6. The van der Waals surface area contributed by atoms with E-state index in [1.165, 1.54) is 11.3 Å². The van der Waals surface area contributed by atoms with Crippen LogP contribution in [-0.2, 0) is 11.3 Å². The van der Waals surface area contributed by atoms with E-state index in [-0.39, 0.29) is 12.2 Å². The third kappa shape index (κ3) is 5.68. The van der Waals surface area contributed by atoms with Crippen molar-refractivity contribution in [2.24, 2.45) is 0 Å². The van der Waals surface area contributed by atoms with Gasteiger partial charge in [0.2, 0.25) is 0 Å². The molecular formula is C27H31N3O2. The molecule has 5 nitrogen and oxygen atoms in total. The van der Waals surface area contributed by atoms with Crippen LogP contribution < -0.4 is 10.2 Å². The highest BCUT2D eigenvalue weighted by atomic mass is 16.6. The maximum atomic E-state index is 12.6. The molecule has 1 N–H and O–H groups in total. The molecule has 0 aliphatic carbocycles. The third-order valence-electron chi connectivity index (χ3n) is 5.92. The summed E-state index contributed by atoms with van der Waals surface area (Å²) in [5, 5.41) is 2.94. The largest absolute Gasteiger partial charge is 0.446 e. The first-order valence-corrected chi connectivity index (χ1v) is 11.2. The summed E-state index contributed by atoms with van der Waals surface area (Å²) in [4.78, 5) is 17.1. The number of benzene rings is 3. The standard InChI is InChI=1S/C27H31N3O2/c1-29(2)23-14-12-21(13-15-23)20-30-18-16-24(17-19-30)32-27(31)28-26-11-7-6-10-25(26)22-8-4-3-5-9-22/h3-15,24H,16-20H2,1-2H3,(H,28,31). The SMILES string of the molecule is CN(C)c1ccc(CN2CCC(OC(=O)Nc3ccccc3-c3ccccc3)CC2)cc1. The minimum Gasteiger partial charge on any atom is -0.446 e. The van der Waals surface area contributed by atoms with Crippen LogP contribution in [0.25, 0.3) is 11.1 Å². The fraction of sp³-hybridized carbons (Fsp3) is 0.296. The van der Waals surface area contributed by atoms with Crippen LogP contribution in [0.1, 0.15) is 18.4 Å². The minimum atomic E-state index is -0.383. The highest BCUT2D eigenvalue weighted by Crippen LogP contribution is 2.28. The molecule has 0 spiro atoms. The average molecular weight is 430 g/mol. The highest BCUT2D eigenvalue weighted by molar-refractivity contribution is 5.91. The number of anilines is 2. The van der Waals surface area contributed by atoms with Crippen LogP contribution in [-0.4, -0.2) is 44.3 Å². The lowest BCUT2D eigenvalue weighted by atomic mass is 10.0. The number of ether oxygens (including phenoxy) is 1. The molecule has 1 amide bonds. The molecule has 1 saturated heterocycles. The Morgan fingerprint density at radius 3 is 2.28 bits per heavy atom. The van der Waals surface area contributed by atoms with Crippen LogP contribution in [0.15, 0.2) is 78.9 Å².